The summed E-state index contributed by atoms with van der Waals surface area (Å²) < 4.78 is 0. The summed E-state index contributed by atoms with van der Waals surface area (Å²) in [6.07, 6.45) is 23.5. The third-order valence-corrected chi connectivity index (χ3v) is 2.80. The normalized spacial score (nSPS) is 21.7. The van der Waals surface area contributed by atoms with Crippen molar-refractivity contribution in [3.8, 4) is 0 Å². The molecule has 0 heteroatoms. The summed E-state index contributed by atoms with van der Waals surface area (Å²) in [6, 6.07) is 0. The molecular formula is C14H23. The SMILES string of the molecule is [C]1=CCCCCCCCCCCC=C1. The zero-order valence-corrected chi connectivity index (χ0v) is 9.30. The van der Waals surface area contributed by atoms with E-state index < -0.39 is 0 Å². The molecule has 79 valence electrons. The van der Waals surface area contributed by atoms with Crippen molar-refractivity contribution < 1.29 is 0 Å². The van der Waals surface area contributed by atoms with Gasteiger partial charge in [-0.2, -0.15) is 0 Å². The molecular weight excluding hydrogens is 168 g/mol. The van der Waals surface area contributed by atoms with Crippen LogP contribution in [-0.4, -0.2) is 0 Å². The van der Waals surface area contributed by atoms with Gasteiger partial charge in [0, 0.05) is 0 Å². The Morgan fingerprint density at radius 2 is 1.21 bits per heavy atom. The first-order valence-corrected chi connectivity index (χ1v) is 6.23. The van der Waals surface area contributed by atoms with Crippen LogP contribution in [0.1, 0.15) is 64.2 Å². The zero-order chi connectivity index (χ0) is 9.90. The molecule has 0 nitrogen and oxygen atoms in total. The van der Waals surface area contributed by atoms with E-state index >= 15 is 0 Å². The monoisotopic (exact) mass is 191 g/mol. The minimum atomic E-state index is 1.21. The van der Waals surface area contributed by atoms with E-state index in [4.69, 9.17) is 0 Å². The van der Waals surface area contributed by atoms with Crippen LogP contribution in [0.2, 0.25) is 0 Å². The molecule has 0 unspecified atom stereocenters. The molecule has 0 amide bonds. The summed E-state index contributed by atoms with van der Waals surface area (Å²) in [7, 11) is 0. The van der Waals surface area contributed by atoms with Crippen molar-refractivity contribution in [3.63, 3.8) is 0 Å². The third kappa shape index (κ3) is 6.94. The van der Waals surface area contributed by atoms with Gasteiger partial charge in [0.2, 0.25) is 0 Å². The van der Waals surface area contributed by atoms with E-state index in [2.05, 4.69) is 24.3 Å². The molecule has 1 radical (unpaired) electrons. The van der Waals surface area contributed by atoms with Crippen molar-refractivity contribution in [1.29, 1.82) is 0 Å². The molecule has 0 fully saturated rings. The van der Waals surface area contributed by atoms with Gasteiger partial charge in [-0.1, -0.05) is 56.8 Å². The molecule has 0 bridgehead atoms. The van der Waals surface area contributed by atoms with E-state index in [0.29, 0.717) is 0 Å². The second-order valence-electron chi connectivity index (χ2n) is 4.18. The summed E-state index contributed by atoms with van der Waals surface area (Å²) in [5, 5.41) is 0. The van der Waals surface area contributed by atoms with Crippen LogP contribution in [0.4, 0.5) is 0 Å². The lowest BCUT2D eigenvalue weighted by Gasteiger charge is -2.01. The highest BCUT2D eigenvalue weighted by atomic mass is 14.0. The molecule has 0 aliphatic heterocycles. The quantitative estimate of drug-likeness (QED) is 0.515. The van der Waals surface area contributed by atoms with Crippen LogP contribution in [-0.2, 0) is 0 Å². The van der Waals surface area contributed by atoms with Crippen LogP contribution in [0.15, 0.2) is 18.2 Å². The predicted molar refractivity (Wildman–Crippen MR) is 63.1 cm³/mol. The Morgan fingerprint density at radius 3 is 1.93 bits per heavy atom. The molecule has 0 N–H and O–H groups in total. The van der Waals surface area contributed by atoms with Gasteiger partial charge in [0.25, 0.3) is 0 Å². The molecule has 0 saturated carbocycles. The first-order valence-electron chi connectivity index (χ1n) is 6.23. The summed E-state index contributed by atoms with van der Waals surface area (Å²) in [5.74, 6) is 0. The lowest BCUT2D eigenvalue weighted by molar-refractivity contribution is 0.570. The summed E-state index contributed by atoms with van der Waals surface area (Å²) in [5.41, 5.74) is 0. The molecule has 0 heterocycles. The van der Waals surface area contributed by atoms with Gasteiger partial charge >= 0.3 is 0 Å². The molecule has 0 aromatic rings. The highest BCUT2D eigenvalue weighted by Crippen LogP contribution is 2.11. The summed E-state index contributed by atoms with van der Waals surface area (Å²) >= 11 is 0. The molecule has 0 aromatic heterocycles. The number of hydrogen-bond acceptors (Lipinski definition) is 0. The smallest absolute Gasteiger partial charge is 0.0230 e. The van der Waals surface area contributed by atoms with Crippen LogP contribution >= 0.6 is 0 Å². The van der Waals surface area contributed by atoms with E-state index in [1.165, 1.54) is 64.2 Å². The van der Waals surface area contributed by atoms with E-state index in [-0.39, 0.29) is 0 Å². The van der Waals surface area contributed by atoms with Gasteiger partial charge in [-0.3, -0.25) is 0 Å². The van der Waals surface area contributed by atoms with Gasteiger partial charge < -0.3 is 0 Å². The molecule has 0 aromatic carbocycles. The van der Waals surface area contributed by atoms with Crippen LogP contribution in [0.5, 0.6) is 0 Å². The Balaban J connectivity index is 2.17. The summed E-state index contributed by atoms with van der Waals surface area (Å²) in [6.45, 7) is 0. The predicted octanol–water partition coefficient (Wildman–Crippen LogP) is 4.82. The van der Waals surface area contributed by atoms with Gasteiger partial charge in [-0.25, -0.2) is 0 Å². The first-order chi connectivity index (χ1) is 7.00. The maximum Gasteiger partial charge on any atom is -0.0230 e. The van der Waals surface area contributed by atoms with E-state index in [0.717, 1.165) is 0 Å². The lowest BCUT2D eigenvalue weighted by atomic mass is 10.1. The van der Waals surface area contributed by atoms with Crippen molar-refractivity contribution in [2.45, 2.75) is 64.2 Å². The fourth-order valence-electron chi connectivity index (χ4n) is 1.87. The Labute approximate surface area is 89.1 Å². The number of rotatable bonds is 0. The van der Waals surface area contributed by atoms with Crippen LogP contribution in [0.3, 0.4) is 0 Å². The van der Waals surface area contributed by atoms with E-state index in [1.807, 2.05) is 0 Å². The van der Waals surface area contributed by atoms with Crippen molar-refractivity contribution in [1.82, 2.24) is 0 Å². The highest BCUT2D eigenvalue weighted by Gasteiger charge is 1.91. The van der Waals surface area contributed by atoms with Gasteiger partial charge in [-0.15, -0.1) is 0 Å². The molecule has 0 atom stereocenters. The Kier molecular flexibility index (Phi) is 7.47. The molecule has 1 aliphatic carbocycles. The van der Waals surface area contributed by atoms with Gasteiger partial charge in [0.1, 0.15) is 0 Å². The molecule has 1 rings (SSSR count). The minimum Gasteiger partial charge on any atom is -0.0839 e. The lowest BCUT2D eigenvalue weighted by Crippen LogP contribution is -1.81. The van der Waals surface area contributed by atoms with E-state index in [1.54, 1.807) is 0 Å². The third-order valence-electron chi connectivity index (χ3n) is 2.80. The number of hydrogen-bond donors (Lipinski definition) is 0. The van der Waals surface area contributed by atoms with Gasteiger partial charge in [0.05, 0.1) is 0 Å². The molecule has 14 heavy (non-hydrogen) atoms. The standard InChI is InChI=1S/C14H23/c1-2-4-6-8-10-12-14-13-11-9-7-5-3-1/h1-2,6H,3,5,7-14H2. The molecule has 0 saturated heterocycles. The Hall–Kier alpha value is -0.520. The maximum absolute atomic E-state index is 3.23. The number of allylic oxidation sites excluding steroid dienone is 4. The molecule has 1 aliphatic rings. The van der Waals surface area contributed by atoms with E-state index in [9.17, 15) is 0 Å². The van der Waals surface area contributed by atoms with Crippen molar-refractivity contribution in [2.75, 3.05) is 0 Å². The molecule has 0 spiro atoms. The Bertz CT molecular complexity index is 145. The second-order valence-corrected chi connectivity index (χ2v) is 4.18. The minimum absolute atomic E-state index is 1.21. The van der Waals surface area contributed by atoms with Crippen molar-refractivity contribution >= 4 is 0 Å². The fraction of sp³-hybridized carbons (Fsp3) is 0.714. The Morgan fingerprint density at radius 1 is 0.643 bits per heavy atom. The first kappa shape index (κ1) is 11.6. The van der Waals surface area contributed by atoms with Crippen molar-refractivity contribution in [2.24, 2.45) is 0 Å². The second kappa shape index (κ2) is 9.05. The topological polar surface area (TPSA) is 0 Å². The van der Waals surface area contributed by atoms with Gasteiger partial charge in [0.15, 0.2) is 0 Å². The highest BCUT2D eigenvalue weighted by molar-refractivity contribution is 4.94. The average molecular weight is 191 g/mol. The van der Waals surface area contributed by atoms with Crippen LogP contribution in [0.25, 0.3) is 0 Å². The fourth-order valence-corrected chi connectivity index (χ4v) is 1.87. The van der Waals surface area contributed by atoms with Crippen LogP contribution < -0.4 is 0 Å². The average Bonchev–Trinajstić information content (AvgIpc) is 2.22. The zero-order valence-electron chi connectivity index (χ0n) is 9.30. The summed E-state index contributed by atoms with van der Waals surface area (Å²) in [4.78, 5) is 0. The largest absolute Gasteiger partial charge is 0.0839 e. The maximum atomic E-state index is 3.23. The van der Waals surface area contributed by atoms with Crippen molar-refractivity contribution in [3.05, 3.63) is 24.3 Å². The van der Waals surface area contributed by atoms with Crippen LogP contribution in [0, 0.1) is 6.08 Å². The van der Waals surface area contributed by atoms with Gasteiger partial charge in [-0.05, 0) is 31.8 Å².